The molecule has 0 aromatic rings. The SMILES string of the molecule is [CH2-]N1CCN(C2CCN(CC)CC2)CC1. The Morgan fingerprint density at radius 1 is 1.00 bits per heavy atom. The van der Waals surface area contributed by atoms with Crippen LogP contribution in [-0.4, -0.2) is 66.6 Å². The van der Waals surface area contributed by atoms with Crippen molar-refractivity contribution >= 4 is 0 Å². The molecule has 0 amide bonds. The molecule has 15 heavy (non-hydrogen) atoms. The number of hydrogen-bond donors (Lipinski definition) is 0. The smallest absolute Gasteiger partial charge is 0.0121 e. The first-order valence-electron chi connectivity index (χ1n) is 6.31. The van der Waals surface area contributed by atoms with Gasteiger partial charge in [0.1, 0.15) is 0 Å². The number of piperidine rings is 1. The minimum atomic E-state index is 0.849. The van der Waals surface area contributed by atoms with Crippen molar-refractivity contribution in [1.82, 2.24) is 14.7 Å². The van der Waals surface area contributed by atoms with Gasteiger partial charge in [0.2, 0.25) is 0 Å². The first-order valence-corrected chi connectivity index (χ1v) is 6.31. The third-order valence-electron chi connectivity index (χ3n) is 3.93. The molecule has 2 saturated heterocycles. The minimum absolute atomic E-state index is 0.849. The first kappa shape index (κ1) is 11.4. The van der Waals surface area contributed by atoms with Crippen LogP contribution in [0.25, 0.3) is 0 Å². The van der Waals surface area contributed by atoms with Crippen molar-refractivity contribution in [3.8, 4) is 0 Å². The molecular formula is C12H24N3-. The second-order valence-electron chi connectivity index (χ2n) is 4.82. The number of likely N-dealkylation sites (tertiary alicyclic amines) is 1. The van der Waals surface area contributed by atoms with Gasteiger partial charge >= 0.3 is 0 Å². The lowest BCUT2D eigenvalue weighted by Crippen LogP contribution is -2.51. The second-order valence-corrected chi connectivity index (χ2v) is 4.82. The lowest BCUT2D eigenvalue weighted by Gasteiger charge is -2.44. The molecular weight excluding hydrogens is 186 g/mol. The van der Waals surface area contributed by atoms with Crippen LogP contribution in [0.2, 0.25) is 0 Å². The zero-order valence-electron chi connectivity index (χ0n) is 9.99. The highest BCUT2D eigenvalue weighted by Crippen LogP contribution is 2.17. The maximum atomic E-state index is 4.00. The molecule has 3 heteroatoms. The Bertz CT molecular complexity index is 179. The van der Waals surface area contributed by atoms with E-state index in [-0.39, 0.29) is 0 Å². The monoisotopic (exact) mass is 210 g/mol. The minimum Gasteiger partial charge on any atom is -0.457 e. The molecule has 0 bridgehead atoms. The summed E-state index contributed by atoms with van der Waals surface area (Å²) in [5, 5.41) is 0. The van der Waals surface area contributed by atoms with Crippen LogP contribution in [0.1, 0.15) is 19.8 Å². The zero-order valence-corrected chi connectivity index (χ0v) is 9.99. The van der Waals surface area contributed by atoms with Gasteiger partial charge in [-0.15, -0.1) is 0 Å². The molecule has 88 valence electrons. The van der Waals surface area contributed by atoms with E-state index in [1.807, 2.05) is 0 Å². The van der Waals surface area contributed by atoms with Crippen molar-refractivity contribution in [3.05, 3.63) is 7.05 Å². The summed E-state index contributed by atoms with van der Waals surface area (Å²) in [4.78, 5) is 7.43. The summed E-state index contributed by atoms with van der Waals surface area (Å²) < 4.78 is 0. The van der Waals surface area contributed by atoms with E-state index in [4.69, 9.17) is 0 Å². The van der Waals surface area contributed by atoms with Crippen LogP contribution >= 0.6 is 0 Å². The van der Waals surface area contributed by atoms with E-state index >= 15 is 0 Å². The molecule has 2 aliphatic heterocycles. The van der Waals surface area contributed by atoms with Crippen LogP contribution in [0.5, 0.6) is 0 Å². The molecule has 3 nitrogen and oxygen atoms in total. The summed E-state index contributed by atoms with van der Waals surface area (Å²) in [6.07, 6.45) is 2.73. The van der Waals surface area contributed by atoms with Gasteiger partial charge in [-0.1, -0.05) is 6.92 Å². The Morgan fingerprint density at radius 3 is 2.13 bits per heavy atom. The highest BCUT2D eigenvalue weighted by molar-refractivity contribution is 4.82. The van der Waals surface area contributed by atoms with Crippen molar-refractivity contribution in [2.24, 2.45) is 0 Å². The maximum absolute atomic E-state index is 4.00. The average molecular weight is 210 g/mol. The molecule has 0 spiro atoms. The highest BCUT2D eigenvalue weighted by atomic mass is 15.3. The lowest BCUT2D eigenvalue weighted by molar-refractivity contribution is 0.0742. The largest absolute Gasteiger partial charge is 0.457 e. The van der Waals surface area contributed by atoms with Gasteiger partial charge in [0.25, 0.3) is 0 Å². The van der Waals surface area contributed by atoms with Gasteiger partial charge in [-0.25, -0.2) is 0 Å². The Hall–Kier alpha value is -0.120. The van der Waals surface area contributed by atoms with Gasteiger partial charge < -0.3 is 9.80 Å². The van der Waals surface area contributed by atoms with Gasteiger partial charge in [0.15, 0.2) is 0 Å². The molecule has 0 radical (unpaired) electrons. The molecule has 0 aliphatic carbocycles. The molecule has 2 heterocycles. The Morgan fingerprint density at radius 2 is 1.60 bits per heavy atom. The van der Waals surface area contributed by atoms with Gasteiger partial charge in [-0.05, 0) is 45.6 Å². The Labute approximate surface area is 94.0 Å². The Balaban J connectivity index is 1.75. The molecule has 2 aliphatic rings. The standard InChI is InChI=1S/C12H24N3/c1-3-14-6-4-12(5-7-14)15-10-8-13(2)9-11-15/h12H,2-11H2,1H3/q-1. The normalized spacial score (nSPS) is 28.4. The van der Waals surface area contributed by atoms with Crippen molar-refractivity contribution in [1.29, 1.82) is 0 Å². The second kappa shape index (κ2) is 5.28. The molecule has 0 atom stereocenters. The summed E-state index contributed by atoms with van der Waals surface area (Å²) in [5.41, 5.74) is 0. The van der Waals surface area contributed by atoms with E-state index < -0.39 is 0 Å². The van der Waals surface area contributed by atoms with E-state index in [9.17, 15) is 0 Å². The first-order chi connectivity index (χ1) is 7.29. The fourth-order valence-electron chi connectivity index (χ4n) is 2.73. The van der Waals surface area contributed by atoms with Crippen molar-refractivity contribution in [3.63, 3.8) is 0 Å². The van der Waals surface area contributed by atoms with E-state index in [1.54, 1.807) is 0 Å². The van der Waals surface area contributed by atoms with Crippen LogP contribution in [0, 0.1) is 7.05 Å². The van der Waals surface area contributed by atoms with Gasteiger partial charge in [0, 0.05) is 19.1 Å². The van der Waals surface area contributed by atoms with E-state index in [0.29, 0.717) is 0 Å². The molecule has 0 aromatic heterocycles. The molecule has 0 aromatic carbocycles. The van der Waals surface area contributed by atoms with Crippen LogP contribution in [0.4, 0.5) is 0 Å². The molecule has 0 N–H and O–H groups in total. The number of piperazine rings is 1. The number of nitrogens with zero attached hydrogens (tertiary/aromatic N) is 3. The third kappa shape index (κ3) is 2.92. The van der Waals surface area contributed by atoms with Crippen molar-refractivity contribution < 1.29 is 0 Å². The summed E-state index contributed by atoms with van der Waals surface area (Å²) >= 11 is 0. The Kier molecular flexibility index (Phi) is 4.00. The maximum Gasteiger partial charge on any atom is 0.0121 e. The van der Waals surface area contributed by atoms with E-state index in [1.165, 1.54) is 45.6 Å². The lowest BCUT2D eigenvalue weighted by atomic mass is 10.0. The zero-order chi connectivity index (χ0) is 10.7. The van der Waals surface area contributed by atoms with Crippen LogP contribution in [0.3, 0.4) is 0 Å². The molecule has 2 rings (SSSR count). The molecule has 2 fully saturated rings. The quantitative estimate of drug-likeness (QED) is 0.627. The summed E-state index contributed by atoms with van der Waals surface area (Å²) in [7, 11) is 4.00. The van der Waals surface area contributed by atoms with Crippen LogP contribution < -0.4 is 0 Å². The predicted molar refractivity (Wildman–Crippen MR) is 63.6 cm³/mol. The van der Waals surface area contributed by atoms with Gasteiger partial charge in [-0.2, -0.15) is 0 Å². The summed E-state index contributed by atoms with van der Waals surface area (Å²) in [6.45, 7) is 10.8. The van der Waals surface area contributed by atoms with Crippen LogP contribution in [-0.2, 0) is 0 Å². The molecule has 0 unspecified atom stereocenters. The fourth-order valence-corrected chi connectivity index (χ4v) is 2.73. The molecule has 0 saturated carbocycles. The number of hydrogen-bond acceptors (Lipinski definition) is 3. The van der Waals surface area contributed by atoms with Gasteiger partial charge in [-0.3, -0.25) is 11.9 Å². The topological polar surface area (TPSA) is 9.72 Å². The van der Waals surface area contributed by atoms with Crippen LogP contribution in [0.15, 0.2) is 0 Å². The van der Waals surface area contributed by atoms with Crippen molar-refractivity contribution in [2.75, 3.05) is 45.8 Å². The third-order valence-corrected chi connectivity index (χ3v) is 3.93. The van der Waals surface area contributed by atoms with E-state index in [2.05, 4.69) is 28.7 Å². The highest BCUT2D eigenvalue weighted by Gasteiger charge is 2.24. The average Bonchev–Trinajstić information content (AvgIpc) is 2.30. The fraction of sp³-hybridized carbons (Fsp3) is 0.917. The number of rotatable bonds is 2. The van der Waals surface area contributed by atoms with Gasteiger partial charge in [0.05, 0.1) is 0 Å². The van der Waals surface area contributed by atoms with E-state index in [0.717, 1.165) is 19.1 Å². The summed E-state index contributed by atoms with van der Waals surface area (Å²) in [6, 6.07) is 0.849. The summed E-state index contributed by atoms with van der Waals surface area (Å²) in [5.74, 6) is 0. The predicted octanol–water partition coefficient (Wildman–Crippen LogP) is 0.880. The van der Waals surface area contributed by atoms with Crippen molar-refractivity contribution in [2.45, 2.75) is 25.8 Å².